The van der Waals surface area contributed by atoms with Gasteiger partial charge in [0.2, 0.25) is 0 Å². The fourth-order valence-corrected chi connectivity index (χ4v) is 7.78. The first-order valence-corrected chi connectivity index (χ1v) is 17.8. The van der Waals surface area contributed by atoms with E-state index >= 15 is 0 Å². The van der Waals surface area contributed by atoms with Crippen LogP contribution in [0.3, 0.4) is 0 Å². The fraction of sp³-hybridized carbons (Fsp3) is 0. The van der Waals surface area contributed by atoms with Crippen LogP contribution in [0.5, 0.6) is 0 Å². The van der Waals surface area contributed by atoms with Gasteiger partial charge in [0.25, 0.3) is 0 Å². The number of nitrogens with zero attached hydrogens (tertiary/aromatic N) is 1. The number of benzene rings is 9. The van der Waals surface area contributed by atoms with Crippen molar-refractivity contribution in [2.24, 2.45) is 0 Å². The van der Waals surface area contributed by atoms with Crippen LogP contribution in [-0.4, -0.2) is 0 Å². The summed E-state index contributed by atoms with van der Waals surface area (Å²) in [5.41, 5.74) is 11.8. The Balaban J connectivity index is 1.30. The lowest BCUT2D eigenvalue weighted by Gasteiger charge is -2.29. The minimum absolute atomic E-state index is 0.870. The van der Waals surface area contributed by atoms with Crippen molar-refractivity contribution in [2.75, 3.05) is 4.90 Å². The summed E-state index contributed by atoms with van der Waals surface area (Å²) in [7, 11) is 0. The monoisotopic (exact) mass is 663 g/mol. The quantitative estimate of drug-likeness (QED) is 0.165. The first kappa shape index (κ1) is 30.0. The van der Waals surface area contributed by atoms with Gasteiger partial charge in [-0.1, -0.05) is 158 Å². The maximum atomic E-state index is 6.78. The average Bonchev–Trinajstić information content (AvgIpc) is 3.62. The van der Waals surface area contributed by atoms with E-state index in [0.29, 0.717) is 0 Å². The first-order valence-electron chi connectivity index (χ1n) is 17.8. The second-order valence-electron chi connectivity index (χ2n) is 13.3. The molecule has 0 amide bonds. The smallest absolute Gasteiger partial charge is 0.145 e. The van der Waals surface area contributed by atoms with E-state index in [1.807, 2.05) is 6.07 Å². The zero-order valence-electron chi connectivity index (χ0n) is 28.4. The van der Waals surface area contributed by atoms with Crippen molar-refractivity contribution in [1.82, 2.24) is 0 Å². The molecule has 1 heterocycles. The third kappa shape index (κ3) is 5.04. The van der Waals surface area contributed by atoms with Gasteiger partial charge in [-0.15, -0.1) is 0 Å². The Morgan fingerprint density at radius 3 is 1.71 bits per heavy atom. The predicted octanol–water partition coefficient (Wildman–Crippen LogP) is 14.4. The lowest BCUT2D eigenvalue weighted by molar-refractivity contribution is 0.670. The van der Waals surface area contributed by atoms with Crippen molar-refractivity contribution < 1.29 is 4.42 Å². The van der Waals surface area contributed by atoms with Crippen LogP contribution < -0.4 is 4.90 Å². The Hall–Kier alpha value is -6.90. The topological polar surface area (TPSA) is 16.4 Å². The molecule has 0 radical (unpaired) electrons. The third-order valence-electron chi connectivity index (χ3n) is 10.2. The predicted molar refractivity (Wildman–Crippen MR) is 220 cm³/mol. The maximum Gasteiger partial charge on any atom is 0.145 e. The molecule has 2 nitrogen and oxygen atoms in total. The highest BCUT2D eigenvalue weighted by Crippen LogP contribution is 2.49. The van der Waals surface area contributed by atoms with Crippen molar-refractivity contribution in [3.05, 3.63) is 200 Å². The van der Waals surface area contributed by atoms with Gasteiger partial charge in [0.05, 0.1) is 16.8 Å². The van der Waals surface area contributed by atoms with Crippen molar-refractivity contribution in [3.63, 3.8) is 0 Å². The number of hydrogen-bond donors (Lipinski definition) is 0. The lowest BCUT2D eigenvalue weighted by Crippen LogP contribution is -2.12. The van der Waals surface area contributed by atoms with E-state index in [2.05, 4.69) is 199 Å². The first-order chi connectivity index (χ1) is 25.8. The molecule has 0 atom stereocenters. The van der Waals surface area contributed by atoms with Gasteiger partial charge >= 0.3 is 0 Å². The normalized spacial score (nSPS) is 11.5. The molecule has 10 rings (SSSR count). The summed E-state index contributed by atoms with van der Waals surface area (Å²) in [4.78, 5) is 2.44. The molecule has 0 fully saturated rings. The van der Waals surface area contributed by atoms with Crippen LogP contribution in [0.4, 0.5) is 17.1 Å². The molecule has 1 aromatic heterocycles. The number of para-hydroxylation sites is 1. The highest BCUT2D eigenvalue weighted by Gasteiger charge is 2.24. The molecule has 0 saturated carbocycles. The van der Waals surface area contributed by atoms with E-state index < -0.39 is 0 Å². The molecule has 0 bridgehead atoms. The van der Waals surface area contributed by atoms with Gasteiger partial charge in [-0.2, -0.15) is 0 Å². The molecular formula is C50H33NO. The second-order valence-corrected chi connectivity index (χ2v) is 13.3. The minimum Gasteiger partial charge on any atom is -0.455 e. The van der Waals surface area contributed by atoms with E-state index in [9.17, 15) is 0 Å². The highest BCUT2D eigenvalue weighted by molar-refractivity contribution is 6.18. The SMILES string of the molecule is c1ccc(-c2ccc(N(c3ccc4c(ccc5ccccc54)c3)c3ccc(-c4ccccc4)c4oc5ccccc5c34)c(-c3ccccc3)c2)cc1. The minimum atomic E-state index is 0.870. The zero-order chi connectivity index (χ0) is 34.4. The Bertz CT molecular complexity index is 2890. The molecule has 10 aromatic rings. The Labute approximate surface area is 302 Å². The van der Waals surface area contributed by atoms with Gasteiger partial charge in [0.1, 0.15) is 11.2 Å². The molecule has 0 saturated heterocycles. The van der Waals surface area contributed by atoms with E-state index in [4.69, 9.17) is 4.42 Å². The van der Waals surface area contributed by atoms with Crippen molar-refractivity contribution in [1.29, 1.82) is 0 Å². The van der Waals surface area contributed by atoms with Crippen molar-refractivity contribution in [2.45, 2.75) is 0 Å². The summed E-state index contributed by atoms with van der Waals surface area (Å²) < 4.78 is 6.78. The summed E-state index contributed by atoms with van der Waals surface area (Å²) >= 11 is 0. The molecule has 0 aliphatic rings. The largest absolute Gasteiger partial charge is 0.455 e. The third-order valence-corrected chi connectivity index (χ3v) is 10.2. The summed E-state index contributed by atoms with van der Waals surface area (Å²) in [6.07, 6.45) is 0. The Morgan fingerprint density at radius 2 is 0.942 bits per heavy atom. The van der Waals surface area contributed by atoms with Crippen LogP contribution in [0.15, 0.2) is 205 Å². The lowest BCUT2D eigenvalue weighted by atomic mass is 9.95. The Kier molecular flexibility index (Phi) is 7.18. The van der Waals surface area contributed by atoms with Gasteiger partial charge in [0.15, 0.2) is 0 Å². The van der Waals surface area contributed by atoms with Gasteiger partial charge in [-0.05, 0) is 86.3 Å². The molecule has 0 aliphatic carbocycles. The van der Waals surface area contributed by atoms with Gasteiger partial charge < -0.3 is 9.32 Å². The number of hydrogen-bond acceptors (Lipinski definition) is 2. The standard InChI is InChI=1S/C50H33NO/c1-4-14-34(15-5-1)38-26-30-46(45(33-38)36-18-8-3-9-19-36)51(40-27-28-42-39(32-40)25-24-37-20-10-11-21-41(37)42)47-31-29-43(35-16-6-2-7-17-35)50-49(47)44-22-12-13-23-48(44)52-50/h1-33H. The number of rotatable bonds is 6. The van der Waals surface area contributed by atoms with E-state index in [-0.39, 0.29) is 0 Å². The number of fused-ring (bicyclic) bond motifs is 6. The molecule has 0 spiro atoms. The van der Waals surface area contributed by atoms with Gasteiger partial charge in [0, 0.05) is 22.2 Å². The summed E-state index contributed by atoms with van der Waals surface area (Å²) in [5, 5.41) is 7.10. The fourth-order valence-electron chi connectivity index (χ4n) is 7.78. The molecular weight excluding hydrogens is 631 g/mol. The molecule has 2 heteroatoms. The molecule has 0 unspecified atom stereocenters. The molecule has 9 aromatic carbocycles. The van der Waals surface area contributed by atoms with Crippen molar-refractivity contribution >= 4 is 60.5 Å². The van der Waals surface area contributed by atoms with Crippen LogP contribution in [0.1, 0.15) is 0 Å². The van der Waals surface area contributed by atoms with E-state index in [0.717, 1.165) is 61.3 Å². The maximum absolute atomic E-state index is 6.78. The highest BCUT2D eigenvalue weighted by atomic mass is 16.3. The number of anilines is 3. The summed E-state index contributed by atoms with van der Waals surface area (Å²) in [6.45, 7) is 0. The Morgan fingerprint density at radius 1 is 0.346 bits per heavy atom. The zero-order valence-corrected chi connectivity index (χ0v) is 28.4. The summed E-state index contributed by atoms with van der Waals surface area (Å²) in [5.74, 6) is 0. The van der Waals surface area contributed by atoms with Crippen molar-refractivity contribution in [3.8, 4) is 33.4 Å². The van der Waals surface area contributed by atoms with Gasteiger partial charge in [-0.25, -0.2) is 0 Å². The molecule has 52 heavy (non-hydrogen) atoms. The van der Waals surface area contributed by atoms with Crippen LogP contribution in [-0.2, 0) is 0 Å². The van der Waals surface area contributed by atoms with Crippen LogP contribution >= 0.6 is 0 Å². The molecule has 244 valence electrons. The van der Waals surface area contributed by atoms with Gasteiger partial charge in [-0.3, -0.25) is 0 Å². The number of furan rings is 1. The molecule has 0 N–H and O–H groups in total. The van der Waals surface area contributed by atoms with Crippen LogP contribution in [0, 0.1) is 0 Å². The van der Waals surface area contributed by atoms with Crippen LogP contribution in [0.25, 0.3) is 76.9 Å². The average molecular weight is 664 g/mol. The second kappa shape index (κ2) is 12.5. The van der Waals surface area contributed by atoms with E-state index in [1.54, 1.807) is 0 Å². The van der Waals surface area contributed by atoms with E-state index in [1.165, 1.54) is 32.7 Å². The summed E-state index contributed by atoms with van der Waals surface area (Å²) in [6, 6.07) is 71.7. The van der Waals surface area contributed by atoms with Crippen LogP contribution in [0.2, 0.25) is 0 Å². The molecule has 0 aliphatic heterocycles.